The minimum atomic E-state index is -0.910. The van der Waals surface area contributed by atoms with Gasteiger partial charge in [0.15, 0.2) is 0 Å². The van der Waals surface area contributed by atoms with Crippen molar-refractivity contribution in [2.24, 2.45) is 5.92 Å². The van der Waals surface area contributed by atoms with Crippen LogP contribution in [0.4, 0.5) is 4.79 Å². The maximum absolute atomic E-state index is 14.0. The second-order valence-electron chi connectivity index (χ2n) is 9.81. The Morgan fingerprint density at radius 1 is 1.03 bits per heavy atom. The summed E-state index contributed by atoms with van der Waals surface area (Å²) < 4.78 is 5.41. The molecule has 2 aromatic carbocycles. The molecule has 3 atom stereocenters. The Morgan fingerprint density at radius 2 is 1.61 bits per heavy atom. The lowest BCUT2D eigenvalue weighted by molar-refractivity contribution is -0.142. The molecule has 0 aliphatic heterocycles. The molecular weight excluding hydrogens is 454 g/mol. The van der Waals surface area contributed by atoms with E-state index in [9.17, 15) is 14.4 Å². The smallest absolute Gasteiger partial charge is 0.408 e. The monoisotopic (exact) mass is 493 g/mol. The third kappa shape index (κ3) is 8.56. The van der Waals surface area contributed by atoms with Crippen LogP contribution in [0.1, 0.15) is 58.2 Å². The summed E-state index contributed by atoms with van der Waals surface area (Å²) in [4.78, 5) is 41.6. The van der Waals surface area contributed by atoms with E-state index >= 15 is 0 Å². The number of alkyl carbamates (subject to hydrolysis) is 1. The first kappa shape index (κ1) is 28.6. The van der Waals surface area contributed by atoms with Crippen LogP contribution in [0.5, 0.6) is 0 Å². The standard InChI is InChI=1S/C29H39N3O4/c1-7-19-32(27(34)24(21(3)8-2)31-28(35)36-29(4,5)6)25(23-17-13-10-14-18-23)26(33)30-20-22-15-11-9-12-16-22/h7,9-18,21,24-25H,1,8,19-20H2,2-6H3,(H,30,33)(H,31,35). The van der Waals surface area contributed by atoms with Crippen molar-refractivity contribution in [3.63, 3.8) is 0 Å². The summed E-state index contributed by atoms with van der Waals surface area (Å²) in [6.45, 7) is 13.4. The van der Waals surface area contributed by atoms with Gasteiger partial charge < -0.3 is 20.3 Å². The van der Waals surface area contributed by atoms with Gasteiger partial charge in [0.05, 0.1) is 0 Å². The van der Waals surface area contributed by atoms with Crippen LogP contribution in [0.2, 0.25) is 0 Å². The van der Waals surface area contributed by atoms with Crippen LogP contribution >= 0.6 is 0 Å². The number of ether oxygens (including phenoxy) is 1. The van der Waals surface area contributed by atoms with Crippen LogP contribution in [0.3, 0.4) is 0 Å². The fraction of sp³-hybridized carbons (Fsp3) is 0.414. The quantitative estimate of drug-likeness (QED) is 0.431. The molecule has 0 radical (unpaired) electrons. The predicted octanol–water partition coefficient (Wildman–Crippen LogP) is 5.00. The van der Waals surface area contributed by atoms with Crippen molar-refractivity contribution in [3.8, 4) is 0 Å². The fourth-order valence-corrected chi connectivity index (χ4v) is 3.75. The Morgan fingerprint density at radius 3 is 2.14 bits per heavy atom. The SMILES string of the molecule is C=CCN(C(=O)C(NC(=O)OC(C)(C)C)C(C)CC)C(C(=O)NCc1ccccc1)c1ccccc1. The molecule has 2 N–H and O–H groups in total. The highest BCUT2D eigenvalue weighted by atomic mass is 16.6. The van der Waals surface area contributed by atoms with Gasteiger partial charge in [0.25, 0.3) is 0 Å². The van der Waals surface area contributed by atoms with E-state index in [0.717, 1.165) is 5.56 Å². The van der Waals surface area contributed by atoms with E-state index in [0.29, 0.717) is 18.5 Å². The van der Waals surface area contributed by atoms with E-state index in [1.807, 2.05) is 74.5 Å². The van der Waals surface area contributed by atoms with Crippen LogP contribution in [0.15, 0.2) is 73.3 Å². The third-order valence-corrected chi connectivity index (χ3v) is 5.75. The van der Waals surface area contributed by atoms with E-state index in [2.05, 4.69) is 17.2 Å². The summed E-state index contributed by atoms with van der Waals surface area (Å²) in [6, 6.07) is 16.9. The lowest BCUT2D eigenvalue weighted by Crippen LogP contribution is -2.55. The van der Waals surface area contributed by atoms with Crippen molar-refractivity contribution in [2.75, 3.05) is 6.54 Å². The molecule has 0 fully saturated rings. The van der Waals surface area contributed by atoms with E-state index in [1.165, 1.54) is 4.90 Å². The number of nitrogens with zero attached hydrogens (tertiary/aromatic N) is 1. The largest absolute Gasteiger partial charge is 0.444 e. The molecular formula is C29H39N3O4. The van der Waals surface area contributed by atoms with Crippen molar-refractivity contribution >= 4 is 17.9 Å². The molecule has 3 unspecified atom stereocenters. The molecule has 3 amide bonds. The number of hydrogen-bond acceptors (Lipinski definition) is 4. The Bertz CT molecular complexity index is 1000. The highest BCUT2D eigenvalue weighted by molar-refractivity contribution is 5.92. The zero-order valence-electron chi connectivity index (χ0n) is 22.0. The van der Waals surface area contributed by atoms with Gasteiger partial charge in [0.2, 0.25) is 11.8 Å². The van der Waals surface area contributed by atoms with Crippen LogP contribution in [0, 0.1) is 5.92 Å². The van der Waals surface area contributed by atoms with Crippen molar-refractivity contribution < 1.29 is 19.1 Å². The van der Waals surface area contributed by atoms with Crippen LogP contribution in [-0.4, -0.2) is 41.0 Å². The maximum Gasteiger partial charge on any atom is 0.408 e. The second kappa shape index (κ2) is 13.5. The number of carbonyl (C=O) groups is 3. The molecule has 194 valence electrons. The Kier molecular flexibility index (Phi) is 10.7. The summed E-state index contributed by atoms with van der Waals surface area (Å²) in [6.07, 6.45) is 1.55. The number of amides is 3. The number of hydrogen-bond donors (Lipinski definition) is 2. The van der Waals surface area contributed by atoms with Crippen LogP contribution in [-0.2, 0) is 20.9 Å². The number of rotatable bonds is 11. The first-order valence-corrected chi connectivity index (χ1v) is 12.3. The van der Waals surface area contributed by atoms with Gasteiger partial charge in [-0.05, 0) is 37.8 Å². The zero-order valence-corrected chi connectivity index (χ0v) is 22.0. The molecule has 0 bridgehead atoms. The lowest BCUT2D eigenvalue weighted by atomic mass is 9.95. The van der Waals surface area contributed by atoms with Gasteiger partial charge in [-0.25, -0.2) is 4.79 Å². The molecule has 36 heavy (non-hydrogen) atoms. The van der Waals surface area contributed by atoms with Gasteiger partial charge in [-0.2, -0.15) is 0 Å². The van der Waals surface area contributed by atoms with E-state index in [4.69, 9.17) is 4.74 Å². The van der Waals surface area contributed by atoms with E-state index in [1.54, 1.807) is 26.8 Å². The topological polar surface area (TPSA) is 87.7 Å². The first-order chi connectivity index (χ1) is 17.1. The molecule has 7 nitrogen and oxygen atoms in total. The van der Waals surface area contributed by atoms with Gasteiger partial charge in [-0.1, -0.05) is 87.0 Å². The molecule has 0 aromatic heterocycles. The Hall–Kier alpha value is -3.61. The average molecular weight is 494 g/mol. The first-order valence-electron chi connectivity index (χ1n) is 12.3. The third-order valence-electron chi connectivity index (χ3n) is 5.75. The second-order valence-corrected chi connectivity index (χ2v) is 9.81. The Balaban J connectivity index is 2.40. The van der Waals surface area contributed by atoms with Crippen LogP contribution < -0.4 is 10.6 Å². The summed E-state index contributed by atoms with van der Waals surface area (Å²) in [5.74, 6) is -0.889. The average Bonchev–Trinajstić information content (AvgIpc) is 2.85. The molecule has 0 aliphatic rings. The number of nitrogens with one attached hydrogen (secondary N) is 2. The highest BCUT2D eigenvalue weighted by Gasteiger charge is 2.37. The normalized spacial score (nSPS) is 13.6. The van der Waals surface area contributed by atoms with Crippen molar-refractivity contribution in [2.45, 2.75) is 65.3 Å². The van der Waals surface area contributed by atoms with Crippen molar-refractivity contribution in [1.29, 1.82) is 0 Å². The molecule has 7 heteroatoms. The van der Waals surface area contributed by atoms with Gasteiger partial charge in [-0.3, -0.25) is 9.59 Å². The van der Waals surface area contributed by atoms with Crippen molar-refractivity contribution in [1.82, 2.24) is 15.5 Å². The summed E-state index contributed by atoms with van der Waals surface area (Å²) in [5.41, 5.74) is 0.902. The van der Waals surface area contributed by atoms with Crippen molar-refractivity contribution in [3.05, 3.63) is 84.4 Å². The molecule has 0 saturated carbocycles. The fourth-order valence-electron chi connectivity index (χ4n) is 3.75. The zero-order chi connectivity index (χ0) is 26.7. The molecule has 2 rings (SSSR count). The maximum atomic E-state index is 14.0. The summed E-state index contributed by atoms with van der Waals surface area (Å²) >= 11 is 0. The molecule has 0 heterocycles. The Labute approximate surface area is 214 Å². The molecule has 0 saturated heterocycles. The lowest BCUT2D eigenvalue weighted by Gasteiger charge is -2.35. The van der Waals surface area contributed by atoms with Gasteiger partial charge in [0, 0.05) is 13.1 Å². The molecule has 0 spiro atoms. The number of carbonyl (C=O) groups excluding carboxylic acids is 3. The highest BCUT2D eigenvalue weighted by Crippen LogP contribution is 2.24. The summed E-state index contributed by atoms with van der Waals surface area (Å²) in [5, 5.41) is 5.71. The van der Waals surface area contributed by atoms with E-state index in [-0.39, 0.29) is 24.3 Å². The summed E-state index contributed by atoms with van der Waals surface area (Å²) in [7, 11) is 0. The van der Waals surface area contributed by atoms with Gasteiger partial charge in [-0.15, -0.1) is 6.58 Å². The van der Waals surface area contributed by atoms with Gasteiger partial charge in [0.1, 0.15) is 17.7 Å². The van der Waals surface area contributed by atoms with Gasteiger partial charge >= 0.3 is 6.09 Å². The minimum Gasteiger partial charge on any atom is -0.444 e. The van der Waals surface area contributed by atoms with Crippen LogP contribution in [0.25, 0.3) is 0 Å². The van der Waals surface area contributed by atoms with E-state index < -0.39 is 23.8 Å². The molecule has 2 aromatic rings. The minimum absolute atomic E-state index is 0.125. The predicted molar refractivity (Wildman–Crippen MR) is 142 cm³/mol. The number of benzene rings is 2. The molecule has 0 aliphatic carbocycles.